The third kappa shape index (κ3) is 2.92. The van der Waals surface area contributed by atoms with Gasteiger partial charge in [-0.05, 0) is 24.5 Å². The van der Waals surface area contributed by atoms with E-state index in [1.807, 2.05) is 23.6 Å². The van der Waals surface area contributed by atoms with Gasteiger partial charge in [0.25, 0.3) is 0 Å². The third-order valence-electron chi connectivity index (χ3n) is 3.46. The number of carbonyl (C=O) groups excluding carboxylic acids is 1. The first-order valence-corrected chi connectivity index (χ1v) is 7.17. The first kappa shape index (κ1) is 14.4. The molecule has 0 spiro atoms. The number of aromatic nitrogens is 2. The van der Waals surface area contributed by atoms with E-state index in [4.69, 9.17) is 5.73 Å². The van der Waals surface area contributed by atoms with E-state index in [2.05, 4.69) is 23.3 Å². The van der Waals surface area contributed by atoms with Gasteiger partial charge < -0.3 is 15.6 Å². The molecule has 0 aliphatic rings. The van der Waals surface area contributed by atoms with Crippen LogP contribution in [-0.2, 0) is 17.8 Å². The summed E-state index contributed by atoms with van der Waals surface area (Å²) in [6.45, 7) is 5.41. The van der Waals surface area contributed by atoms with Crippen LogP contribution in [0.1, 0.15) is 32.3 Å². The predicted molar refractivity (Wildman–Crippen MR) is 81.4 cm³/mol. The highest BCUT2D eigenvalue weighted by molar-refractivity contribution is 5.81. The number of para-hydroxylation sites is 1. The van der Waals surface area contributed by atoms with E-state index in [1.165, 1.54) is 5.56 Å². The second kappa shape index (κ2) is 6.41. The van der Waals surface area contributed by atoms with Crippen LogP contribution in [0.15, 0.2) is 18.2 Å². The van der Waals surface area contributed by atoms with Crippen LogP contribution in [-0.4, -0.2) is 22.0 Å². The summed E-state index contributed by atoms with van der Waals surface area (Å²) in [4.78, 5) is 15.6. The summed E-state index contributed by atoms with van der Waals surface area (Å²) in [5.41, 5.74) is 9.33. The molecule has 0 saturated carbocycles. The number of fused-ring (bicyclic) bond motifs is 1. The molecular weight excluding hydrogens is 252 g/mol. The number of hydrogen-bond acceptors (Lipinski definition) is 3. The Labute approximate surface area is 119 Å². The van der Waals surface area contributed by atoms with E-state index in [1.54, 1.807) is 0 Å². The van der Waals surface area contributed by atoms with Gasteiger partial charge in [0.2, 0.25) is 11.9 Å². The van der Waals surface area contributed by atoms with E-state index >= 15 is 0 Å². The third-order valence-corrected chi connectivity index (χ3v) is 3.46. The maximum atomic E-state index is 11.2. The lowest BCUT2D eigenvalue weighted by Gasteiger charge is -2.09. The summed E-state index contributed by atoms with van der Waals surface area (Å²) in [6.07, 6.45) is 2.32. The SMILES string of the molecule is CCC(=O)NCCCn1c(N)nc2cccc(CC)c21. The van der Waals surface area contributed by atoms with Gasteiger partial charge in [-0.1, -0.05) is 26.0 Å². The minimum atomic E-state index is 0.0858. The zero-order valence-corrected chi connectivity index (χ0v) is 12.1. The van der Waals surface area contributed by atoms with Crippen molar-refractivity contribution in [3.63, 3.8) is 0 Å². The molecule has 1 aromatic carbocycles. The van der Waals surface area contributed by atoms with Crippen LogP contribution in [0, 0.1) is 0 Å². The average molecular weight is 274 g/mol. The minimum Gasteiger partial charge on any atom is -0.369 e. The molecule has 2 aromatic rings. The summed E-state index contributed by atoms with van der Waals surface area (Å²) >= 11 is 0. The van der Waals surface area contributed by atoms with E-state index in [9.17, 15) is 4.79 Å². The van der Waals surface area contributed by atoms with Gasteiger partial charge in [0, 0.05) is 19.5 Å². The zero-order chi connectivity index (χ0) is 14.5. The standard InChI is InChI=1S/C15H22N4O/c1-3-11-7-5-8-12-14(11)19(15(16)18-12)10-6-9-17-13(20)4-2/h5,7-8H,3-4,6,9-10H2,1-2H3,(H2,16,18)(H,17,20). The second-order valence-corrected chi connectivity index (χ2v) is 4.82. The maximum Gasteiger partial charge on any atom is 0.219 e. The first-order chi connectivity index (χ1) is 9.67. The number of imidazole rings is 1. The van der Waals surface area contributed by atoms with Gasteiger partial charge in [-0.2, -0.15) is 0 Å². The number of nitrogen functional groups attached to an aromatic ring is 1. The van der Waals surface area contributed by atoms with Crippen molar-refractivity contribution in [3.8, 4) is 0 Å². The van der Waals surface area contributed by atoms with Crippen molar-refractivity contribution in [2.45, 2.75) is 39.7 Å². The lowest BCUT2D eigenvalue weighted by Crippen LogP contribution is -2.24. The Morgan fingerprint density at radius 3 is 2.90 bits per heavy atom. The van der Waals surface area contributed by atoms with E-state index in [0.717, 1.165) is 30.4 Å². The Bertz CT molecular complexity index is 603. The van der Waals surface area contributed by atoms with Crippen LogP contribution in [0.2, 0.25) is 0 Å². The topological polar surface area (TPSA) is 72.9 Å². The average Bonchev–Trinajstić information content (AvgIpc) is 2.78. The molecule has 0 bridgehead atoms. The van der Waals surface area contributed by atoms with Crippen molar-refractivity contribution in [2.24, 2.45) is 0 Å². The Hall–Kier alpha value is -2.04. The molecule has 108 valence electrons. The molecular formula is C15H22N4O. The van der Waals surface area contributed by atoms with Gasteiger partial charge >= 0.3 is 0 Å². The Balaban J connectivity index is 2.13. The lowest BCUT2D eigenvalue weighted by atomic mass is 10.1. The summed E-state index contributed by atoms with van der Waals surface area (Å²) in [7, 11) is 0. The van der Waals surface area contributed by atoms with Crippen molar-refractivity contribution in [1.82, 2.24) is 14.9 Å². The summed E-state index contributed by atoms with van der Waals surface area (Å²) in [6, 6.07) is 6.11. The number of hydrogen-bond donors (Lipinski definition) is 2. The van der Waals surface area contributed by atoms with E-state index in [0.29, 0.717) is 18.9 Å². The molecule has 0 aliphatic heterocycles. The van der Waals surface area contributed by atoms with Crippen molar-refractivity contribution >= 4 is 22.9 Å². The van der Waals surface area contributed by atoms with E-state index < -0.39 is 0 Å². The highest BCUT2D eigenvalue weighted by Gasteiger charge is 2.10. The van der Waals surface area contributed by atoms with Crippen molar-refractivity contribution < 1.29 is 4.79 Å². The molecule has 0 fully saturated rings. The minimum absolute atomic E-state index is 0.0858. The van der Waals surface area contributed by atoms with Crippen LogP contribution < -0.4 is 11.1 Å². The van der Waals surface area contributed by atoms with Crippen molar-refractivity contribution in [1.29, 1.82) is 0 Å². The number of nitrogens with one attached hydrogen (secondary N) is 1. The fourth-order valence-electron chi connectivity index (χ4n) is 2.38. The van der Waals surface area contributed by atoms with Crippen LogP contribution in [0.4, 0.5) is 5.95 Å². The number of carbonyl (C=O) groups is 1. The molecule has 0 saturated heterocycles. The van der Waals surface area contributed by atoms with Crippen LogP contribution in [0.25, 0.3) is 11.0 Å². The van der Waals surface area contributed by atoms with Gasteiger partial charge in [0.05, 0.1) is 11.0 Å². The predicted octanol–water partition coefficient (Wildman–Crippen LogP) is 2.10. The summed E-state index contributed by atoms with van der Waals surface area (Å²) < 4.78 is 2.05. The number of anilines is 1. The normalized spacial score (nSPS) is 10.9. The number of nitrogens with two attached hydrogens (primary N) is 1. The zero-order valence-electron chi connectivity index (χ0n) is 12.1. The largest absolute Gasteiger partial charge is 0.369 e. The molecule has 5 nitrogen and oxygen atoms in total. The van der Waals surface area contributed by atoms with Gasteiger partial charge in [-0.15, -0.1) is 0 Å². The number of nitrogens with zero attached hydrogens (tertiary/aromatic N) is 2. The van der Waals surface area contributed by atoms with Crippen LogP contribution >= 0.6 is 0 Å². The lowest BCUT2D eigenvalue weighted by molar-refractivity contribution is -0.120. The number of amides is 1. The smallest absolute Gasteiger partial charge is 0.219 e. The number of rotatable bonds is 6. The summed E-state index contributed by atoms with van der Waals surface area (Å²) in [5, 5.41) is 2.88. The van der Waals surface area contributed by atoms with Gasteiger partial charge in [0.1, 0.15) is 0 Å². The van der Waals surface area contributed by atoms with Crippen molar-refractivity contribution in [3.05, 3.63) is 23.8 Å². The quantitative estimate of drug-likeness (QED) is 0.792. The Kier molecular flexibility index (Phi) is 4.61. The van der Waals surface area contributed by atoms with Gasteiger partial charge in [-0.3, -0.25) is 4.79 Å². The molecule has 20 heavy (non-hydrogen) atoms. The van der Waals surface area contributed by atoms with Crippen LogP contribution in [0.3, 0.4) is 0 Å². The highest BCUT2D eigenvalue weighted by atomic mass is 16.1. The molecule has 0 radical (unpaired) electrons. The molecule has 3 N–H and O–H groups in total. The highest BCUT2D eigenvalue weighted by Crippen LogP contribution is 2.22. The van der Waals surface area contributed by atoms with Gasteiger partial charge in [-0.25, -0.2) is 4.98 Å². The number of aryl methyl sites for hydroxylation is 2. The van der Waals surface area contributed by atoms with E-state index in [-0.39, 0.29) is 5.91 Å². The Morgan fingerprint density at radius 2 is 2.20 bits per heavy atom. The first-order valence-electron chi connectivity index (χ1n) is 7.17. The molecule has 5 heteroatoms. The maximum absolute atomic E-state index is 11.2. The second-order valence-electron chi connectivity index (χ2n) is 4.82. The summed E-state index contributed by atoms with van der Waals surface area (Å²) in [5.74, 6) is 0.630. The molecule has 1 heterocycles. The molecule has 1 amide bonds. The van der Waals surface area contributed by atoms with Gasteiger partial charge in [0.15, 0.2) is 0 Å². The molecule has 1 aromatic heterocycles. The molecule has 2 rings (SSSR count). The molecule has 0 aliphatic carbocycles. The fourth-order valence-corrected chi connectivity index (χ4v) is 2.38. The fraction of sp³-hybridized carbons (Fsp3) is 0.467. The molecule has 0 atom stereocenters. The Morgan fingerprint density at radius 1 is 1.40 bits per heavy atom. The number of benzene rings is 1. The van der Waals surface area contributed by atoms with Crippen molar-refractivity contribution in [2.75, 3.05) is 12.3 Å². The monoisotopic (exact) mass is 274 g/mol. The van der Waals surface area contributed by atoms with Crippen LogP contribution in [0.5, 0.6) is 0 Å². The molecule has 0 unspecified atom stereocenters.